The molecule has 2 fully saturated rings. The van der Waals surface area contributed by atoms with E-state index in [2.05, 4.69) is 11.1 Å². The molecule has 2 aliphatic heterocycles. The van der Waals surface area contributed by atoms with Crippen LogP contribution in [0.4, 0.5) is 0 Å². The summed E-state index contributed by atoms with van der Waals surface area (Å²) in [5.74, 6) is 0.810. The molecule has 2 saturated heterocycles. The van der Waals surface area contributed by atoms with Crippen LogP contribution in [0.3, 0.4) is 0 Å². The molecule has 0 aliphatic carbocycles. The van der Waals surface area contributed by atoms with Crippen LogP contribution in [0.2, 0.25) is 5.02 Å². The number of aliphatic hydroxyl groups is 1. The molecule has 0 radical (unpaired) electrons. The maximum atomic E-state index is 9.90. The van der Waals surface area contributed by atoms with Crippen LogP contribution >= 0.6 is 11.6 Å². The SMILES string of the molecule is N#Cc1c(O[C@@H]2COC3[C@H](O)CO[C@@H]32)[nH]c2cc(Cl)c(OCc3ccccc3)cc12. The number of aromatic amines is 1. The predicted octanol–water partition coefficient (Wildman–Crippen LogP) is 3.18. The number of hydrogen-bond donors (Lipinski definition) is 2. The lowest BCUT2D eigenvalue weighted by atomic mass is 10.1. The van der Waals surface area contributed by atoms with E-state index in [9.17, 15) is 10.4 Å². The lowest BCUT2D eigenvalue weighted by Crippen LogP contribution is -2.34. The van der Waals surface area contributed by atoms with E-state index < -0.39 is 18.3 Å². The van der Waals surface area contributed by atoms with E-state index in [-0.39, 0.29) is 19.3 Å². The minimum atomic E-state index is -0.662. The van der Waals surface area contributed by atoms with E-state index in [1.54, 1.807) is 12.1 Å². The summed E-state index contributed by atoms with van der Waals surface area (Å²) in [4.78, 5) is 3.12. The van der Waals surface area contributed by atoms with E-state index in [1.807, 2.05) is 30.3 Å². The molecule has 0 bridgehead atoms. The topological polar surface area (TPSA) is 96.7 Å². The van der Waals surface area contributed by atoms with Crippen LogP contribution in [-0.4, -0.2) is 47.7 Å². The van der Waals surface area contributed by atoms with Crippen molar-refractivity contribution in [3.05, 3.63) is 58.6 Å². The van der Waals surface area contributed by atoms with E-state index in [4.69, 9.17) is 30.5 Å². The first kappa shape index (κ1) is 19.2. The van der Waals surface area contributed by atoms with Crippen molar-refractivity contribution in [2.24, 2.45) is 0 Å². The summed E-state index contributed by atoms with van der Waals surface area (Å²) in [6.45, 7) is 0.855. The first-order valence-corrected chi connectivity index (χ1v) is 10.0. The fourth-order valence-corrected chi connectivity index (χ4v) is 4.13. The Bertz CT molecular complexity index is 1110. The third kappa shape index (κ3) is 3.38. The maximum Gasteiger partial charge on any atom is 0.210 e. The van der Waals surface area contributed by atoms with Crippen LogP contribution in [0, 0.1) is 11.3 Å². The minimum absolute atomic E-state index is 0.213. The first-order chi connectivity index (χ1) is 14.6. The van der Waals surface area contributed by atoms with Crippen LogP contribution in [0.15, 0.2) is 42.5 Å². The monoisotopic (exact) mass is 426 g/mol. The van der Waals surface area contributed by atoms with Crippen LogP contribution < -0.4 is 9.47 Å². The molecule has 154 valence electrons. The molecule has 4 atom stereocenters. The van der Waals surface area contributed by atoms with Crippen molar-refractivity contribution in [2.75, 3.05) is 13.2 Å². The summed E-state index contributed by atoms with van der Waals surface area (Å²) in [7, 11) is 0. The lowest BCUT2D eigenvalue weighted by molar-refractivity contribution is 0.00789. The maximum absolute atomic E-state index is 9.90. The van der Waals surface area contributed by atoms with Gasteiger partial charge in [0, 0.05) is 5.39 Å². The molecule has 3 heterocycles. The summed E-state index contributed by atoms with van der Waals surface area (Å²) in [5.41, 5.74) is 2.04. The average Bonchev–Trinajstić information content (AvgIpc) is 3.42. The van der Waals surface area contributed by atoms with Gasteiger partial charge >= 0.3 is 0 Å². The molecule has 2 aromatic carbocycles. The smallest absolute Gasteiger partial charge is 0.210 e. The van der Waals surface area contributed by atoms with Gasteiger partial charge in [-0.05, 0) is 17.7 Å². The standard InChI is InChI=1S/C22H19ClN2O5/c23-15-7-16-13(6-18(15)27-9-12-4-2-1-3-5-12)14(8-24)22(25-16)30-19-11-29-20-17(26)10-28-21(19)20/h1-7,17,19-21,25-26H,9-11H2/t17-,19-,20?,21-/m1/s1. The van der Waals surface area contributed by atoms with Gasteiger partial charge in [0.25, 0.3) is 0 Å². The Kier molecular flexibility index (Phi) is 5.01. The molecular formula is C22H19ClN2O5. The van der Waals surface area contributed by atoms with Gasteiger partial charge in [-0.1, -0.05) is 41.9 Å². The Morgan fingerprint density at radius 1 is 1.17 bits per heavy atom. The van der Waals surface area contributed by atoms with Crippen LogP contribution in [-0.2, 0) is 16.1 Å². The number of hydrogen-bond acceptors (Lipinski definition) is 6. The molecule has 30 heavy (non-hydrogen) atoms. The molecule has 2 aliphatic rings. The number of aromatic nitrogens is 1. The number of nitrogens with one attached hydrogen (secondary N) is 1. The molecule has 7 nitrogen and oxygen atoms in total. The first-order valence-electron chi connectivity index (χ1n) is 9.64. The quantitative estimate of drug-likeness (QED) is 0.650. The van der Waals surface area contributed by atoms with Gasteiger partial charge < -0.3 is 29.0 Å². The molecule has 0 saturated carbocycles. The van der Waals surface area contributed by atoms with Crippen molar-refractivity contribution in [3.8, 4) is 17.7 Å². The number of halogens is 1. The summed E-state index contributed by atoms with van der Waals surface area (Å²) in [6.07, 6.45) is -1.86. The Morgan fingerprint density at radius 2 is 1.97 bits per heavy atom. The molecule has 0 amide bonds. The average molecular weight is 427 g/mol. The van der Waals surface area contributed by atoms with E-state index in [0.29, 0.717) is 39.7 Å². The van der Waals surface area contributed by atoms with Gasteiger partial charge in [0.15, 0.2) is 6.10 Å². The van der Waals surface area contributed by atoms with Gasteiger partial charge in [0.05, 0.1) is 23.8 Å². The second kappa shape index (κ2) is 7.82. The highest BCUT2D eigenvalue weighted by atomic mass is 35.5. The molecule has 1 aromatic heterocycles. The fourth-order valence-electron chi connectivity index (χ4n) is 3.91. The molecule has 1 unspecified atom stereocenters. The highest BCUT2D eigenvalue weighted by Gasteiger charge is 2.48. The molecule has 0 spiro atoms. The third-order valence-corrected chi connectivity index (χ3v) is 5.71. The number of nitriles is 1. The fraction of sp³-hybridized carbons (Fsp3) is 0.318. The van der Waals surface area contributed by atoms with E-state index in [1.165, 1.54) is 0 Å². The zero-order valence-corrected chi connectivity index (χ0v) is 16.6. The van der Waals surface area contributed by atoms with Crippen molar-refractivity contribution in [1.29, 1.82) is 5.26 Å². The lowest BCUT2D eigenvalue weighted by Gasteiger charge is -2.16. The van der Waals surface area contributed by atoms with Gasteiger partial charge in [-0.15, -0.1) is 0 Å². The summed E-state index contributed by atoms with van der Waals surface area (Å²) in [5, 5.41) is 20.7. The van der Waals surface area contributed by atoms with Crippen molar-refractivity contribution in [1.82, 2.24) is 4.98 Å². The number of nitrogens with zero attached hydrogens (tertiary/aromatic N) is 1. The van der Waals surface area contributed by atoms with Crippen molar-refractivity contribution in [2.45, 2.75) is 31.0 Å². The van der Waals surface area contributed by atoms with Gasteiger partial charge in [-0.25, -0.2) is 0 Å². The van der Waals surface area contributed by atoms with Crippen LogP contribution in [0.25, 0.3) is 10.9 Å². The van der Waals surface area contributed by atoms with E-state index in [0.717, 1.165) is 5.56 Å². The molecule has 2 N–H and O–H groups in total. The summed E-state index contributed by atoms with van der Waals surface area (Å²) in [6, 6.07) is 15.4. The Labute approximate surface area is 177 Å². The zero-order chi connectivity index (χ0) is 20.7. The number of ether oxygens (including phenoxy) is 4. The second-order valence-electron chi connectivity index (χ2n) is 7.36. The predicted molar refractivity (Wildman–Crippen MR) is 109 cm³/mol. The van der Waals surface area contributed by atoms with Crippen molar-refractivity contribution >= 4 is 22.5 Å². The van der Waals surface area contributed by atoms with Crippen molar-refractivity contribution < 1.29 is 24.1 Å². The molecule has 3 aromatic rings. The number of rotatable bonds is 5. The van der Waals surface area contributed by atoms with Crippen LogP contribution in [0.5, 0.6) is 11.6 Å². The molecular weight excluding hydrogens is 408 g/mol. The normalized spacial score (nSPS) is 25.2. The second-order valence-corrected chi connectivity index (χ2v) is 7.77. The molecule has 8 heteroatoms. The number of H-pyrrole nitrogens is 1. The Balaban J connectivity index is 1.41. The minimum Gasteiger partial charge on any atom is -0.487 e. The van der Waals surface area contributed by atoms with Gasteiger partial charge in [-0.3, -0.25) is 0 Å². The Morgan fingerprint density at radius 3 is 2.77 bits per heavy atom. The summed E-state index contributed by atoms with van der Waals surface area (Å²) >= 11 is 6.40. The molecule has 5 rings (SSSR count). The van der Waals surface area contributed by atoms with Gasteiger partial charge in [0.1, 0.15) is 42.3 Å². The van der Waals surface area contributed by atoms with E-state index >= 15 is 0 Å². The zero-order valence-electron chi connectivity index (χ0n) is 15.9. The third-order valence-electron chi connectivity index (χ3n) is 5.42. The largest absolute Gasteiger partial charge is 0.487 e. The number of aliphatic hydroxyl groups excluding tert-OH is 1. The number of benzene rings is 2. The highest BCUT2D eigenvalue weighted by molar-refractivity contribution is 6.32. The summed E-state index contributed by atoms with van der Waals surface area (Å²) < 4.78 is 23.1. The Hall–Kier alpha value is -2.76. The highest BCUT2D eigenvalue weighted by Crippen LogP contribution is 2.37. The van der Waals surface area contributed by atoms with Gasteiger partial charge in [-0.2, -0.15) is 5.26 Å². The van der Waals surface area contributed by atoms with Gasteiger partial charge in [0.2, 0.25) is 5.88 Å². The van der Waals surface area contributed by atoms with Crippen molar-refractivity contribution in [3.63, 3.8) is 0 Å². The van der Waals surface area contributed by atoms with Crippen LogP contribution in [0.1, 0.15) is 11.1 Å². The number of fused-ring (bicyclic) bond motifs is 2.